The van der Waals surface area contributed by atoms with Crippen LogP contribution in [0.4, 0.5) is 18.9 Å². The van der Waals surface area contributed by atoms with Gasteiger partial charge in [0.1, 0.15) is 0 Å². The quantitative estimate of drug-likeness (QED) is 0.869. The molecule has 1 aromatic carbocycles. The van der Waals surface area contributed by atoms with Crippen molar-refractivity contribution in [3.63, 3.8) is 0 Å². The third kappa shape index (κ3) is 3.47. The molecule has 0 aromatic heterocycles. The fourth-order valence-corrected chi connectivity index (χ4v) is 2.16. The Hall–Kier alpha value is -1.56. The summed E-state index contributed by atoms with van der Waals surface area (Å²) >= 11 is 0. The molecule has 0 saturated carbocycles. The zero-order chi connectivity index (χ0) is 14.0. The molecule has 2 rings (SSSR count). The molecule has 1 amide bonds. The zero-order valence-electron chi connectivity index (χ0n) is 10.5. The molecule has 6 heteroatoms. The van der Waals surface area contributed by atoms with Crippen LogP contribution >= 0.6 is 0 Å². The van der Waals surface area contributed by atoms with Gasteiger partial charge in [-0.15, -0.1) is 0 Å². The summed E-state index contributed by atoms with van der Waals surface area (Å²) in [5, 5.41) is 5.54. The van der Waals surface area contributed by atoms with Crippen molar-refractivity contribution < 1.29 is 18.0 Å². The predicted molar refractivity (Wildman–Crippen MR) is 65.8 cm³/mol. The second kappa shape index (κ2) is 5.21. The summed E-state index contributed by atoms with van der Waals surface area (Å²) < 4.78 is 38.0. The van der Waals surface area contributed by atoms with E-state index in [4.69, 9.17) is 0 Å². The first-order valence-electron chi connectivity index (χ1n) is 6.09. The summed E-state index contributed by atoms with van der Waals surface area (Å²) in [4.78, 5) is 11.8. The number of rotatable bonds is 2. The molecule has 1 saturated heterocycles. The lowest BCUT2D eigenvalue weighted by molar-refractivity contribution is -0.137. The number of anilines is 1. The highest BCUT2D eigenvalue weighted by Crippen LogP contribution is 2.31. The number of hydrogen-bond donors (Lipinski definition) is 2. The van der Waals surface area contributed by atoms with E-state index in [1.807, 2.05) is 0 Å². The van der Waals surface area contributed by atoms with E-state index < -0.39 is 11.7 Å². The van der Waals surface area contributed by atoms with Crippen LogP contribution in [0.2, 0.25) is 0 Å². The summed E-state index contributed by atoms with van der Waals surface area (Å²) in [5.41, 5.74) is -0.0993. The summed E-state index contributed by atoms with van der Waals surface area (Å²) in [6.45, 7) is 2.33. The number of aryl methyl sites for hydroxylation is 1. The van der Waals surface area contributed by atoms with Gasteiger partial charge in [-0.3, -0.25) is 4.79 Å². The fourth-order valence-electron chi connectivity index (χ4n) is 2.16. The van der Waals surface area contributed by atoms with Gasteiger partial charge in [0, 0.05) is 5.69 Å². The molecular weight excluding hydrogens is 257 g/mol. The molecule has 1 heterocycles. The van der Waals surface area contributed by atoms with E-state index in [-0.39, 0.29) is 17.6 Å². The van der Waals surface area contributed by atoms with E-state index in [2.05, 4.69) is 10.6 Å². The zero-order valence-corrected chi connectivity index (χ0v) is 10.5. The van der Waals surface area contributed by atoms with Crippen molar-refractivity contribution in [1.82, 2.24) is 5.32 Å². The molecular formula is C13H15F3N2O. The lowest BCUT2D eigenvalue weighted by Gasteiger charge is -2.14. The average molecular weight is 272 g/mol. The molecule has 1 aliphatic heterocycles. The van der Waals surface area contributed by atoms with Crippen LogP contribution in [0.25, 0.3) is 0 Å². The number of carbonyl (C=O) groups is 1. The smallest absolute Gasteiger partial charge is 0.325 e. The highest BCUT2D eigenvalue weighted by atomic mass is 19.4. The molecule has 3 nitrogen and oxygen atoms in total. The minimum atomic E-state index is -4.41. The van der Waals surface area contributed by atoms with Crippen molar-refractivity contribution in [3.05, 3.63) is 29.3 Å². The van der Waals surface area contributed by atoms with Crippen LogP contribution in [0.3, 0.4) is 0 Å². The summed E-state index contributed by atoms with van der Waals surface area (Å²) in [6.07, 6.45) is -2.79. The Morgan fingerprint density at radius 2 is 2.11 bits per heavy atom. The van der Waals surface area contributed by atoms with Gasteiger partial charge in [-0.2, -0.15) is 13.2 Å². The molecule has 104 valence electrons. The number of benzene rings is 1. The second-order valence-corrected chi connectivity index (χ2v) is 4.72. The molecule has 1 atom stereocenters. The van der Waals surface area contributed by atoms with Gasteiger partial charge in [0.25, 0.3) is 0 Å². The Morgan fingerprint density at radius 3 is 2.68 bits per heavy atom. The number of halogens is 3. The Labute approximate surface area is 109 Å². The molecule has 0 radical (unpaired) electrons. The van der Waals surface area contributed by atoms with Gasteiger partial charge >= 0.3 is 6.18 Å². The van der Waals surface area contributed by atoms with Crippen molar-refractivity contribution >= 4 is 11.6 Å². The largest absolute Gasteiger partial charge is 0.416 e. The Bertz CT molecular complexity index is 479. The van der Waals surface area contributed by atoms with Gasteiger partial charge in [-0.05, 0) is 50.1 Å². The van der Waals surface area contributed by atoms with Crippen LogP contribution in [0.1, 0.15) is 24.0 Å². The van der Waals surface area contributed by atoms with Crippen molar-refractivity contribution in [2.45, 2.75) is 32.0 Å². The summed E-state index contributed by atoms with van der Waals surface area (Å²) in [5.74, 6) is -0.281. The van der Waals surface area contributed by atoms with Gasteiger partial charge in [-0.1, -0.05) is 0 Å². The second-order valence-electron chi connectivity index (χ2n) is 4.72. The van der Waals surface area contributed by atoms with Crippen LogP contribution in [0.5, 0.6) is 0 Å². The lowest BCUT2D eigenvalue weighted by atomic mass is 10.1. The maximum absolute atomic E-state index is 12.7. The molecule has 0 aliphatic carbocycles. The first kappa shape index (κ1) is 13.9. The molecule has 0 unspecified atom stereocenters. The third-order valence-electron chi connectivity index (χ3n) is 3.05. The molecule has 1 aromatic rings. The maximum atomic E-state index is 12.7. The molecule has 0 spiro atoms. The van der Waals surface area contributed by atoms with Crippen LogP contribution in [-0.2, 0) is 11.0 Å². The number of carbonyl (C=O) groups excluding carboxylic acids is 1. The SMILES string of the molecule is Cc1cc(NC(=O)[C@H]2CCCN2)cc(C(F)(F)F)c1. The fraction of sp³-hybridized carbons (Fsp3) is 0.462. The van der Waals surface area contributed by atoms with E-state index in [0.717, 1.165) is 25.1 Å². The number of hydrogen-bond acceptors (Lipinski definition) is 2. The Kier molecular flexibility index (Phi) is 3.80. The molecule has 0 bridgehead atoms. The lowest BCUT2D eigenvalue weighted by Crippen LogP contribution is -2.35. The topological polar surface area (TPSA) is 41.1 Å². The minimum absolute atomic E-state index is 0.186. The van der Waals surface area contributed by atoms with Gasteiger partial charge in [0.05, 0.1) is 11.6 Å². The first-order valence-corrected chi connectivity index (χ1v) is 6.09. The first-order chi connectivity index (χ1) is 8.86. The van der Waals surface area contributed by atoms with E-state index in [0.29, 0.717) is 12.0 Å². The van der Waals surface area contributed by atoms with E-state index in [9.17, 15) is 18.0 Å². The van der Waals surface area contributed by atoms with Crippen molar-refractivity contribution in [3.8, 4) is 0 Å². The monoisotopic (exact) mass is 272 g/mol. The van der Waals surface area contributed by atoms with Crippen LogP contribution < -0.4 is 10.6 Å². The molecule has 2 N–H and O–H groups in total. The number of alkyl halides is 3. The number of amides is 1. The maximum Gasteiger partial charge on any atom is 0.416 e. The van der Waals surface area contributed by atoms with Crippen LogP contribution in [0.15, 0.2) is 18.2 Å². The van der Waals surface area contributed by atoms with Gasteiger partial charge in [0.15, 0.2) is 0 Å². The summed E-state index contributed by atoms with van der Waals surface area (Å²) in [6, 6.07) is 3.24. The van der Waals surface area contributed by atoms with E-state index in [1.54, 1.807) is 6.92 Å². The van der Waals surface area contributed by atoms with Crippen molar-refractivity contribution in [2.75, 3.05) is 11.9 Å². The Morgan fingerprint density at radius 1 is 1.37 bits per heavy atom. The highest BCUT2D eigenvalue weighted by molar-refractivity contribution is 5.95. The predicted octanol–water partition coefficient (Wildman–Crippen LogP) is 2.70. The number of nitrogens with one attached hydrogen (secondary N) is 2. The van der Waals surface area contributed by atoms with Gasteiger partial charge < -0.3 is 10.6 Å². The Balaban J connectivity index is 2.16. The third-order valence-corrected chi connectivity index (χ3v) is 3.05. The minimum Gasteiger partial charge on any atom is -0.325 e. The highest BCUT2D eigenvalue weighted by Gasteiger charge is 2.31. The average Bonchev–Trinajstić information content (AvgIpc) is 2.80. The molecule has 1 aliphatic rings. The normalized spacial score (nSPS) is 19.5. The van der Waals surface area contributed by atoms with Crippen molar-refractivity contribution in [2.24, 2.45) is 0 Å². The van der Waals surface area contributed by atoms with Crippen molar-refractivity contribution in [1.29, 1.82) is 0 Å². The van der Waals surface area contributed by atoms with E-state index in [1.165, 1.54) is 6.07 Å². The standard InChI is InChI=1S/C13H15F3N2O/c1-8-5-9(13(14,15)16)7-10(6-8)18-12(19)11-3-2-4-17-11/h5-7,11,17H,2-4H2,1H3,(H,18,19)/t11-/m1/s1. The van der Waals surface area contributed by atoms with E-state index >= 15 is 0 Å². The van der Waals surface area contributed by atoms with Crippen LogP contribution in [-0.4, -0.2) is 18.5 Å². The van der Waals surface area contributed by atoms with Crippen LogP contribution in [0, 0.1) is 6.92 Å². The molecule has 19 heavy (non-hydrogen) atoms. The molecule has 1 fully saturated rings. The van der Waals surface area contributed by atoms with Gasteiger partial charge in [0.2, 0.25) is 5.91 Å². The summed E-state index contributed by atoms with van der Waals surface area (Å²) in [7, 11) is 0. The van der Waals surface area contributed by atoms with Gasteiger partial charge in [-0.25, -0.2) is 0 Å².